The third-order valence-corrected chi connectivity index (χ3v) is 5.18. The number of benzene rings is 1. The highest BCUT2D eigenvalue weighted by atomic mass is 35.5. The summed E-state index contributed by atoms with van der Waals surface area (Å²) in [6.07, 6.45) is 6.48. The first kappa shape index (κ1) is 19.3. The summed E-state index contributed by atoms with van der Waals surface area (Å²) < 4.78 is 8.36. The maximum Gasteiger partial charge on any atom is 0.280 e. The fraction of sp³-hybridized carbons (Fsp3) is 0.350. The van der Waals surface area contributed by atoms with Crippen molar-refractivity contribution in [2.45, 2.75) is 38.6 Å². The molecule has 1 aromatic carbocycles. The minimum atomic E-state index is -0.164. The highest BCUT2D eigenvalue weighted by Gasteiger charge is 2.24. The molecular formula is C20H21ClN6O2. The van der Waals surface area contributed by atoms with Gasteiger partial charge in [-0.15, -0.1) is 0 Å². The van der Waals surface area contributed by atoms with Crippen molar-refractivity contribution in [3.8, 4) is 0 Å². The summed E-state index contributed by atoms with van der Waals surface area (Å²) in [5.41, 5.74) is 1.96. The van der Waals surface area contributed by atoms with E-state index in [0.717, 1.165) is 23.7 Å². The maximum absolute atomic E-state index is 12.4. The van der Waals surface area contributed by atoms with Gasteiger partial charge in [-0.05, 0) is 37.5 Å². The van der Waals surface area contributed by atoms with Crippen molar-refractivity contribution in [2.75, 3.05) is 0 Å². The van der Waals surface area contributed by atoms with Gasteiger partial charge in [0.1, 0.15) is 12.9 Å². The first-order valence-electron chi connectivity index (χ1n) is 9.42. The van der Waals surface area contributed by atoms with Crippen LogP contribution in [0.5, 0.6) is 0 Å². The smallest absolute Gasteiger partial charge is 0.280 e. The Morgan fingerprint density at radius 1 is 1.24 bits per heavy atom. The van der Waals surface area contributed by atoms with E-state index in [1.165, 1.54) is 22.9 Å². The molecule has 8 nitrogen and oxygen atoms in total. The summed E-state index contributed by atoms with van der Waals surface area (Å²) in [6, 6.07) is 7.76. The van der Waals surface area contributed by atoms with Gasteiger partial charge >= 0.3 is 0 Å². The zero-order valence-corrected chi connectivity index (χ0v) is 17.0. The summed E-state index contributed by atoms with van der Waals surface area (Å²) in [6.45, 7) is 2.25. The highest BCUT2D eigenvalue weighted by molar-refractivity contribution is 6.30. The Morgan fingerprint density at radius 2 is 2.03 bits per heavy atom. The molecule has 1 aliphatic carbocycles. The third kappa shape index (κ3) is 4.22. The SMILES string of the molecule is Cc1cccc(Cl)c1.Cn1cnc2ncn(Cc3nc(C4CCC4)no3)c(=O)c21. The van der Waals surface area contributed by atoms with Crippen LogP contribution in [-0.4, -0.2) is 29.2 Å². The molecule has 4 aromatic rings. The molecule has 150 valence electrons. The zero-order chi connectivity index (χ0) is 20.4. The summed E-state index contributed by atoms with van der Waals surface area (Å²) in [5, 5.41) is 4.80. The van der Waals surface area contributed by atoms with E-state index < -0.39 is 0 Å². The van der Waals surface area contributed by atoms with Gasteiger partial charge in [0.2, 0.25) is 5.89 Å². The van der Waals surface area contributed by atoms with Gasteiger partial charge in [0.25, 0.3) is 5.56 Å². The molecule has 0 amide bonds. The molecule has 0 saturated heterocycles. The van der Waals surface area contributed by atoms with Crippen LogP contribution in [0.3, 0.4) is 0 Å². The summed E-state index contributed by atoms with van der Waals surface area (Å²) in [5.74, 6) is 1.60. The van der Waals surface area contributed by atoms with Gasteiger partial charge in [0, 0.05) is 18.0 Å². The number of imidazole rings is 1. The van der Waals surface area contributed by atoms with E-state index in [1.54, 1.807) is 17.9 Å². The van der Waals surface area contributed by atoms with Gasteiger partial charge < -0.3 is 9.09 Å². The number of aromatic nitrogens is 6. The van der Waals surface area contributed by atoms with Crippen molar-refractivity contribution in [2.24, 2.45) is 7.05 Å². The van der Waals surface area contributed by atoms with Gasteiger partial charge in [0.05, 0.1) is 6.33 Å². The molecule has 29 heavy (non-hydrogen) atoms. The molecule has 0 bridgehead atoms. The topological polar surface area (TPSA) is 91.6 Å². The number of nitrogens with zero attached hydrogens (tertiary/aromatic N) is 6. The van der Waals surface area contributed by atoms with E-state index in [1.807, 2.05) is 31.2 Å². The minimum absolute atomic E-state index is 0.164. The Labute approximate surface area is 172 Å². The zero-order valence-electron chi connectivity index (χ0n) is 16.2. The second-order valence-corrected chi connectivity index (χ2v) is 7.61. The molecule has 0 spiro atoms. The van der Waals surface area contributed by atoms with Gasteiger partial charge in [-0.25, -0.2) is 9.97 Å². The van der Waals surface area contributed by atoms with Gasteiger partial charge in [-0.2, -0.15) is 4.98 Å². The van der Waals surface area contributed by atoms with Gasteiger partial charge in [-0.1, -0.05) is 35.3 Å². The molecule has 0 atom stereocenters. The summed E-state index contributed by atoms with van der Waals surface area (Å²) in [7, 11) is 1.77. The molecular weight excluding hydrogens is 392 g/mol. The predicted molar refractivity (Wildman–Crippen MR) is 109 cm³/mol. The Balaban J connectivity index is 0.000000216. The molecule has 1 fully saturated rings. The Morgan fingerprint density at radius 3 is 2.69 bits per heavy atom. The lowest BCUT2D eigenvalue weighted by atomic mass is 9.85. The molecule has 0 unspecified atom stereocenters. The molecule has 1 saturated carbocycles. The van der Waals surface area contributed by atoms with Crippen molar-refractivity contribution in [3.63, 3.8) is 0 Å². The van der Waals surface area contributed by atoms with E-state index in [2.05, 4.69) is 20.1 Å². The normalized spacial score (nSPS) is 13.8. The Bertz CT molecular complexity index is 1170. The van der Waals surface area contributed by atoms with Crippen molar-refractivity contribution in [3.05, 3.63) is 69.6 Å². The summed E-state index contributed by atoms with van der Waals surface area (Å²) >= 11 is 5.64. The first-order valence-corrected chi connectivity index (χ1v) is 9.80. The fourth-order valence-corrected chi connectivity index (χ4v) is 3.34. The van der Waals surface area contributed by atoms with Crippen LogP contribution in [0.1, 0.15) is 42.5 Å². The van der Waals surface area contributed by atoms with E-state index >= 15 is 0 Å². The lowest BCUT2D eigenvalue weighted by Gasteiger charge is -2.20. The van der Waals surface area contributed by atoms with Crippen molar-refractivity contribution in [1.29, 1.82) is 0 Å². The van der Waals surface area contributed by atoms with Crippen LogP contribution in [0.2, 0.25) is 5.02 Å². The third-order valence-electron chi connectivity index (χ3n) is 4.94. The average Bonchev–Trinajstić information content (AvgIpc) is 3.24. The molecule has 9 heteroatoms. The minimum Gasteiger partial charge on any atom is -0.337 e. The summed E-state index contributed by atoms with van der Waals surface area (Å²) in [4.78, 5) is 25.0. The number of halogens is 1. The second kappa shape index (κ2) is 8.16. The Kier molecular flexibility index (Phi) is 5.44. The predicted octanol–water partition coefficient (Wildman–Crippen LogP) is 3.48. The number of hydrogen-bond donors (Lipinski definition) is 0. The molecule has 5 rings (SSSR count). The van der Waals surface area contributed by atoms with E-state index in [4.69, 9.17) is 16.1 Å². The molecule has 0 radical (unpaired) electrons. The van der Waals surface area contributed by atoms with Gasteiger partial charge in [0.15, 0.2) is 17.0 Å². The average molecular weight is 413 g/mol. The van der Waals surface area contributed by atoms with Crippen LogP contribution >= 0.6 is 11.6 Å². The molecule has 3 aromatic heterocycles. The van der Waals surface area contributed by atoms with Crippen molar-refractivity contribution in [1.82, 2.24) is 29.2 Å². The van der Waals surface area contributed by atoms with Crippen LogP contribution < -0.4 is 5.56 Å². The maximum atomic E-state index is 12.4. The van der Waals surface area contributed by atoms with E-state index in [9.17, 15) is 4.79 Å². The monoisotopic (exact) mass is 412 g/mol. The van der Waals surface area contributed by atoms with Crippen LogP contribution in [0.15, 0.2) is 46.2 Å². The number of fused-ring (bicyclic) bond motifs is 1. The number of hydrogen-bond acceptors (Lipinski definition) is 6. The lowest BCUT2D eigenvalue weighted by Crippen LogP contribution is -2.22. The molecule has 3 heterocycles. The Hall–Kier alpha value is -3.00. The van der Waals surface area contributed by atoms with Crippen LogP contribution in [0.4, 0.5) is 0 Å². The van der Waals surface area contributed by atoms with Crippen LogP contribution in [-0.2, 0) is 13.6 Å². The van der Waals surface area contributed by atoms with Crippen molar-refractivity contribution < 1.29 is 4.52 Å². The van der Waals surface area contributed by atoms with Crippen LogP contribution in [0, 0.1) is 6.92 Å². The second-order valence-electron chi connectivity index (χ2n) is 7.18. The molecule has 1 aliphatic rings. The van der Waals surface area contributed by atoms with Crippen LogP contribution in [0.25, 0.3) is 11.2 Å². The first-order chi connectivity index (χ1) is 14.0. The van der Waals surface area contributed by atoms with Crippen molar-refractivity contribution >= 4 is 22.8 Å². The number of aryl methyl sites for hydroxylation is 2. The standard InChI is InChI=1S/C13H14N6O2.C7H7Cl/c1-18-6-14-12-10(18)13(20)19(7-15-12)5-9-16-11(17-21-9)8-3-2-4-8;1-6-3-2-4-7(8)5-6/h6-8H,2-5H2,1H3;2-5H,1H3. The van der Waals surface area contributed by atoms with E-state index in [-0.39, 0.29) is 12.1 Å². The fourth-order valence-electron chi connectivity index (χ4n) is 3.10. The molecule has 0 N–H and O–H groups in total. The largest absolute Gasteiger partial charge is 0.337 e. The van der Waals surface area contributed by atoms with Gasteiger partial charge in [-0.3, -0.25) is 9.36 Å². The lowest BCUT2D eigenvalue weighted by molar-refractivity contribution is 0.343. The number of rotatable bonds is 3. The quantitative estimate of drug-likeness (QED) is 0.511. The van der Waals surface area contributed by atoms with E-state index in [0.29, 0.717) is 23.0 Å². The highest BCUT2D eigenvalue weighted by Crippen LogP contribution is 2.34. The molecule has 0 aliphatic heterocycles.